The fourth-order valence-corrected chi connectivity index (χ4v) is 2.16. The Labute approximate surface area is 111 Å². The summed E-state index contributed by atoms with van der Waals surface area (Å²) in [5.41, 5.74) is 1.00. The second-order valence-electron chi connectivity index (χ2n) is 3.27. The van der Waals surface area contributed by atoms with Gasteiger partial charge in [0.1, 0.15) is 0 Å². The van der Waals surface area contributed by atoms with E-state index in [0.717, 1.165) is 11.3 Å². The minimum Gasteiger partial charge on any atom is -0.476 e. The topological polar surface area (TPSA) is 86.0 Å². The molecule has 18 heavy (non-hydrogen) atoms. The molecule has 1 aromatic carbocycles. The Morgan fingerprint density at radius 3 is 2.89 bits per heavy atom. The lowest BCUT2D eigenvalue weighted by Crippen LogP contribution is -1.97. The van der Waals surface area contributed by atoms with Gasteiger partial charge in [-0.3, -0.25) is 0 Å². The molecule has 0 aliphatic heterocycles. The Bertz CT molecular complexity index is 648. The first-order valence-corrected chi connectivity index (χ1v) is 6.01. The third-order valence-electron chi connectivity index (χ3n) is 2.06. The molecule has 1 heterocycles. The van der Waals surface area contributed by atoms with E-state index >= 15 is 0 Å². The highest BCUT2D eigenvalue weighted by atomic mass is 35.5. The highest BCUT2D eigenvalue weighted by molar-refractivity contribution is 7.14. The third-order valence-corrected chi connectivity index (χ3v) is 3.13. The lowest BCUT2D eigenvalue weighted by atomic mass is 10.2. The van der Waals surface area contributed by atoms with Gasteiger partial charge in [0.25, 0.3) is 0 Å². The van der Waals surface area contributed by atoms with Gasteiger partial charge in [0, 0.05) is 5.38 Å². The van der Waals surface area contributed by atoms with E-state index in [9.17, 15) is 4.79 Å². The predicted octanol–water partition coefficient (Wildman–Crippen LogP) is 3.11. The zero-order chi connectivity index (χ0) is 13.1. The molecule has 0 radical (unpaired) electrons. The Morgan fingerprint density at radius 2 is 2.33 bits per heavy atom. The number of nitriles is 1. The number of thiazole rings is 1. The molecule has 0 saturated carbocycles. The van der Waals surface area contributed by atoms with Gasteiger partial charge in [0.2, 0.25) is 0 Å². The van der Waals surface area contributed by atoms with Crippen LogP contribution in [0.4, 0.5) is 10.8 Å². The number of nitrogens with zero attached hydrogens (tertiary/aromatic N) is 2. The number of rotatable bonds is 3. The van der Waals surface area contributed by atoms with Crippen molar-refractivity contribution in [2.24, 2.45) is 0 Å². The molecular weight excluding hydrogens is 274 g/mol. The van der Waals surface area contributed by atoms with Crippen LogP contribution >= 0.6 is 22.9 Å². The SMILES string of the molecule is N#Cc1ccc(Nc2nc(C(=O)O)cs2)c(Cl)c1. The summed E-state index contributed by atoms with van der Waals surface area (Å²) in [6.07, 6.45) is 0. The van der Waals surface area contributed by atoms with Crippen LogP contribution in [0.25, 0.3) is 0 Å². The van der Waals surface area contributed by atoms with Gasteiger partial charge in [0.05, 0.1) is 22.3 Å². The van der Waals surface area contributed by atoms with Crippen LogP contribution in [-0.4, -0.2) is 16.1 Å². The summed E-state index contributed by atoms with van der Waals surface area (Å²) in [7, 11) is 0. The zero-order valence-electron chi connectivity index (χ0n) is 8.85. The highest BCUT2D eigenvalue weighted by Crippen LogP contribution is 2.27. The fourth-order valence-electron chi connectivity index (χ4n) is 1.23. The average Bonchev–Trinajstić information content (AvgIpc) is 2.80. The number of carboxylic acid groups (broad SMARTS) is 1. The van der Waals surface area contributed by atoms with Crippen molar-refractivity contribution in [2.45, 2.75) is 0 Å². The largest absolute Gasteiger partial charge is 0.476 e. The summed E-state index contributed by atoms with van der Waals surface area (Å²) in [4.78, 5) is 14.5. The van der Waals surface area contributed by atoms with Crippen molar-refractivity contribution in [3.63, 3.8) is 0 Å². The van der Waals surface area contributed by atoms with Crippen LogP contribution in [0.2, 0.25) is 5.02 Å². The molecule has 2 N–H and O–H groups in total. The monoisotopic (exact) mass is 279 g/mol. The number of aromatic nitrogens is 1. The summed E-state index contributed by atoms with van der Waals surface area (Å²) in [6.45, 7) is 0. The molecular formula is C11H6ClN3O2S. The molecule has 2 aromatic rings. The maximum atomic E-state index is 10.7. The lowest BCUT2D eigenvalue weighted by molar-refractivity contribution is 0.0691. The Hall–Kier alpha value is -2.10. The van der Waals surface area contributed by atoms with Crippen LogP contribution in [0.1, 0.15) is 16.1 Å². The maximum absolute atomic E-state index is 10.7. The highest BCUT2D eigenvalue weighted by Gasteiger charge is 2.10. The van der Waals surface area contributed by atoms with Gasteiger partial charge in [-0.05, 0) is 18.2 Å². The molecule has 0 atom stereocenters. The average molecular weight is 280 g/mol. The van der Waals surface area contributed by atoms with Gasteiger partial charge in [-0.1, -0.05) is 11.6 Å². The van der Waals surface area contributed by atoms with Crippen molar-refractivity contribution in [3.05, 3.63) is 39.9 Å². The van der Waals surface area contributed by atoms with Crippen LogP contribution in [0, 0.1) is 11.3 Å². The second-order valence-corrected chi connectivity index (χ2v) is 4.54. The number of carboxylic acids is 1. The zero-order valence-corrected chi connectivity index (χ0v) is 10.4. The summed E-state index contributed by atoms with van der Waals surface area (Å²) in [6, 6.07) is 6.75. The molecule has 0 bridgehead atoms. The number of nitrogens with one attached hydrogen (secondary N) is 1. The van der Waals surface area contributed by atoms with Crippen LogP contribution in [0.15, 0.2) is 23.6 Å². The predicted molar refractivity (Wildman–Crippen MR) is 68.5 cm³/mol. The minimum absolute atomic E-state index is 0.0210. The number of carbonyl (C=O) groups is 1. The quantitative estimate of drug-likeness (QED) is 0.901. The number of hydrogen-bond donors (Lipinski definition) is 2. The number of halogens is 1. The summed E-state index contributed by atoms with van der Waals surface area (Å²) in [5.74, 6) is -1.08. The minimum atomic E-state index is -1.08. The van der Waals surface area contributed by atoms with E-state index in [1.165, 1.54) is 11.4 Å². The van der Waals surface area contributed by atoms with Crippen LogP contribution in [0.5, 0.6) is 0 Å². The van der Waals surface area contributed by atoms with E-state index in [4.69, 9.17) is 22.0 Å². The molecule has 0 aliphatic rings. The molecule has 7 heteroatoms. The second kappa shape index (κ2) is 5.04. The molecule has 0 amide bonds. The van der Waals surface area contributed by atoms with Gasteiger partial charge in [-0.25, -0.2) is 9.78 Å². The molecule has 0 fully saturated rings. The van der Waals surface area contributed by atoms with E-state index in [0.29, 0.717) is 21.4 Å². The molecule has 1 aromatic heterocycles. The van der Waals surface area contributed by atoms with Crippen molar-refractivity contribution in [2.75, 3.05) is 5.32 Å². The molecule has 0 saturated heterocycles. The van der Waals surface area contributed by atoms with E-state index in [1.807, 2.05) is 6.07 Å². The van der Waals surface area contributed by atoms with Gasteiger partial charge >= 0.3 is 5.97 Å². The lowest BCUT2D eigenvalue weighted by Gasteiger charge is -2.04. The van der Waals surface area contributed by atoms with Crippen LogP contribution in [-0.2, 0) is 0 Å². The van der Waals surface area contributed by atoms with Crippen LogP contribution < -0.4 is 5.32 Å². The van der Waals surface area contributed by atoms with Gasteiger partial charge in [0.15, 0.2) is 10.8 Å². The number of benzene rings is 1. The Morgan fingerprint density at radius 1 is 1.56 bits per heavy atom. The number of anilines is 2. The normalized spacial score (nSPS) is 9.78. The van der Waals surface area contributed by atoms with E-state index in [1.54, 1.807) is 12.1 Å². The van der Waals surface area contributed by atoms with Crippen molar-refractivity contribution < 1.29 is 9.90 Å². The van der Waals surface area contributed by atoms with Crippen molar-refractivity contribution >= 4 is 39.7 Å². The van der Waals surface area contributed by atoms with E-state index < -0.39 is 5.97 Å². The maximum Gasteiger partial charge on any atom is 0.355 e. The first kappa shape index (κ1) is 12.4. The van der Waals surface area contributed by atoms with Crippen LogP contribution in [0.3, 0.4) is 0 Å². The first-order valence-electron chi connectivity index (χ1n) is 4.75. The third kappa shape index (κ3) is 2.59. The Kier molecular flexibility index (Phi) is 3.46. The van der Waals surface area contributed by atoms with Gasteiger partial charge in [-0.15, -0.1) is 11.3 Å². The van der Waals surface area contributed by atoms with Crippen molar-refractivity contribution in [1.29, 1.82) is 5.26 Å². The molecule has 90 valence electrons. The molecule has 5 nitrogen and oxygen atoms in total. The summed E-state index contributed by atoms with van der Waals surface area (Å²) >= 11 is 7.14. The smallest absolute Gasteiger partial charge is 0.355 e. The van der Waals surface area contributed by atoms with Crippen molar-refractivity contribution in [3.8, 4) is 6.07 Å². The fraction of sp³-hybridized carbons (Fsp3) is 0. The van der Waals surface area contributed by atoms with Gasteiger partial charge in [-0.2, -0.15) is 5.26 Å². The molecule has 0 spiro atoms. The molecule has 0 unspecified atom stereocenters. The Balaban J connectivity index is 2.23. The van der Waals surface area contributed by atoms with Gasteiger partial charge < -0.3 is 10.4 Å². The standard InChI is InChI=1S/C11H6ClN3O2S/c12-7-3-6(4-13)1-2-8(7)14-11-15-9(5-18-11)10(16)17/h1-3,5H,(H,14,15)(H,16,17). The van der Waals surface area contributed by atoms with E-state index in [2.05, 4.69) is 10.3 Å². The molecule has 0 aliphatic carbocycles. The van der Waals surface area contributed by atoms with Crippen molar-refractivity contribution in [1.82, 2.24) is 4.98 Å². The number of aromatic carboxylic acids is 1. The summed E-state index contributed by atoms with van der Waals surface area (Å²) < 4.78 is 0. The molecule has 2 rings (SSSR count). The first-order chi connectivity index (χ1) is 8.60. The summed E-state index contributed by atoms with van der Waals surface area (Å²) in [5, 5.41) is 22.6. The van der Waals surface area contributed by atoms with E-state index in [-0.39, 0.29) is 5.69 Å². The number of hydrogen-bond acceptors (Lipinski definition) is 5.